The zero-order valence-corrected chi connectivity index (χ0v) is 13.5. The van der Waals surface area contributed by atoms with E-state index in [4.69, 9.17) is 11.6 Å². The van der Waals surface area contributed by atoms with Crippen LogP contribution in [0.4, 0.5) is 0 Å². The van der Waals surface area contributed by atoms with Crippen LogP contribution >= 0.6 is 11.6 Å². The standard InChI is InChI=1S/C17H25ClN2O/c1-14-8-5-6-12-20(14)13-7-11-19-17(21)16(18)15-9-3-2-4-10-15/h2-4,9-10,14,16H,5-8,11-13H2,1H3,(H,19,21). The second kappa shape index (κ2) is 8.40. The summed E-state index contributed by atoms with van der Waals surface area (Å²) in [5.74, 6) is -0.102. The van der Waals surface area contributed by atoms with Crippen LogP contribution < -0.4 is 5.32 Å². The topological polar surface area (TPSA) is 32.3 Å². The number of hydrogen-bond donors (Lipinski definition) is 1. The van der Waals surface area contributed by atoms with E-state index in [1.54, 1.807) is 0 Å². The maximum atomic E-state index is 12.0. The fourth-order valence-corrected chi connectivity index (χ4v) is 3.07. The zero-order chi connectivity index (χ0) is 15.1. The van der Waals surface area contributed by atoms with Crippen molar-refractivity contribution >= 4 is 17.5 Å². The first-order valence-electron chi connectivity index (χ1n) is 7.89. The molecule has 3 nitrogen and oxygen atoms in total. The van der Waals surface area contributed by atoms with Crippen LogP contribution in [0.5, 0.6) is 0 Å². The minimum atomic E-state index is -0.597. The second-order valence-corrected chi connectivity index (χ2v) is 6.24. The lowest BCUT2D eigenvalue weighted by Crippen LogP contribution is -2.39. The highest BCUT2D eigenvalue weighted by Gasteiger charge is 2.19. The maximum absolute atomic E-state index is 12.0. The Morgan fingerprint density at radius 2 is 2.14 bits per heavy atom. The highest BCUT2D eigenvalue weighted by atomic mass is 35.5. The summed E-state index contributed by atoms with van der Waals surface area (Å²) in [5.41, 5.74) is 0.848. The Bertz CT molecular complexity index is 438. The molecule has 2 atom stereocenters. The predicted molar refractivity (Wildman–Crippen MR) is 87.5 cm³/mol. The molecule has 0 saturated carbocycles. The van der Waals surface area contributed by atoms with Gasteiger partial charge in [0.05, 0.1) is 0 Å². The number of rotatable bonds is 6. The lowest BCUT2D eigenvalue weighted by molar-refractivity contribution is -0.120. The van der Waals surface area contributed by atoms with Crippen molar-refractivity contribution in [2.75, 3.05) is 19.6 Å². The zero-order valence-electron chi connectivity index (χ0n) is 12.7. The summed E-state index contributed by atoms with van der Waals surface area (Å²) in [5, 5.41) is 2.34. The Labute approximate surface area is 132 Å². The third kappa shape index (κ3) is 5.01. The van der Waals surface area contributed by atoms with Gasteiger partial charge in [0.15, 0.2) is 0 Å². The number of nitrogens with one attached hydrogen (secondary N) is 1. The molecule has 2 unspecified atom stereocenters. The lowest BCUT2D eigenvalue weighted by Gasteiger charge is -2.33. The molecule has 1 aromatic rings. The van der Waals surface area contributed by atoms with Gasteiger partial charge in [0.25, 0.3) is 0 Å². The van der Waals surface area contributed by atoms with Gasteiger partial charge in [0.1, 0.15) is 5.38 Å². The van der Waals surface area contributed by atoms with Gasteiger partial charge >= 0.3 is 0 Å². The van der Waals surface area contributed by atoms with Gasteiger partial charge < -0.3 is 10.2 Å². The number of carbonyl (C=O) groups excluding carboxylic acids is 1. The molecule has 1 heterocycles. The maximum Gasteiger partial charge on any atom is 0.242 e. The van der Waals surface area contributed by atoms with E-state index < -0.39 is 5.38 Å². The molecule has 1 aromatic carbocycles. The molecule has 0 aromatic heterocycles. The largest absolute Gasteiger partial charge is 0.354 e. The van der Waals surface area contributed by atoms with Gasteiger partial charge in [-0.15, -0.1) is 11.6 Å². The first-order chi connectivity index (χ1) is 10.2. The summed E-state index contributed by atoms with van der Waals surface area (Å²) >= 11 is 6.19. The first-order valence-corrected chi connectivity index (χ1v) is 8.33. The molecule has 0 radical (unpaired) electrons. The number of halogens is 1. The highest BCUT2D eigenvalue weighted by molar-refractivity contribution is 6.30. The molecule has 0 aliphatic carbocycles. The summed E-state index contributed by atoms with van der Waals surface area (Å²) in [6.45, 7) is 5.23. The second-order valence-electron chi connectivity index (χ2n) is 5.80. The summed E-state index contributed by atoms with van der Waals surface area (Å²) in [7, 11) is 0. The average molecular weight is 309 g/mol. The SMILES string of the molecule is CC1CCCCN1CCCNC(=O)C(Cl)c1ccccc1. The van der Waals surface area contributed by atoms with Gasteiger partial charge in [-0.1, -0.05) is 36.8 Å². The summed E-state index contributed by atoms with van der Waals surface area (Å²) < 4.78 is 0. The molecule has 0 bridgehead atoms. The third-order valence-corrected chi connectivity index (χ3v) is 4.63. The van der Waals surface area contributed by atoms with Crippen LogP contribution in [0.1, 0.15) is 43.5 Å². The molecule has 116 valence electrons. The van der Waals surface area contributed by atoms with Crippen molar-refractivity contribution in [3.05, 3.63) is 35.9 Å². The smallest absolute Gasteiger partial charge is 0.242 e. The van der Waals surface area contributed by atoms with Gasteiger partial charge in [-0.25, -0.2) is 0 Å². The lowest BCUT2D eigenvalue weighted by atomic mass is 10.0. The van der Waals surface area contributed by atoms with Crippen molar-refractivity contribution in [2.45, 2.75) is 44.0 Å². The molecule has 21 heavy (non-hydrogen) atoms. The molecule has 1 fully saturated rings. The van der Waals surface area contributed by atoms with Crippen LogP contribution in [0.25, 0.3) is 0 Å². The quantitative estimate of drug-likeness (QED) is 0.645. The van der Waals surface area contributed by atoms with Gasteiger partial charge in [-0.2, -0.15) is 0 Å². The Morgan fingerprint density at radius 3 is 2.86 bits per heavy atom. The number of piperidine rings is 1. The minimum absolute atomic E-state index is 0.102. The van der Waals surface area contributed by atoms with E-state index in [1.165, 1.54) is 25.8 Å². The summed E-state index contributed by atoms with van der Waals surface area (Å²) in [4.78, 5) is 14.5. The monoisotopic (exact) mass is 308 g/mol. The van der Waals surface area contributed by atoms with Crippen LogP contribution in [0.2, 0.25) is 0 Å². The van der Waals surface area contributed by atoms with Crippen LogP contribution in [-0.2, 0) is 4.79 Å². The fourth-order valence-electron chi connectivity index (χ4n) is 2.85. The Hall–Kier alpha value is -1.06. The summed E-state index contributed by atoms with van der Waals surface area (Å²) in [6.07, 6.45) is 4.92. The molecule has 1 amide bonds. The molecule has 0 spiro atoms. The van der Waals surface area contributed by atoms with Crippen LogP contribution in [0.15, 0.2) is 30.3 Å². The summed E-state index contributed by atoms with van der Waals surface area (Å²) in [6, 6.07) is 10.2. The van der Waals surface area contributed by atoms with E-state index in [-0.39, 0.29) is 5.91 Å². The van der Waals surface area contributed by atoms with E-state index in [1.807, 2.05) is 30.3 Å². The molecule has 1 aliphatic heterocycles. The van der Waals surface area contributed by atoms with E-state index in [2.05, 4.69) is 17.1 Å². The van der Waals surface area contributed by atoms with Gasteiger partial charge in [-0.05, 0) is 38.3 Å². The Kier molecular flexibility index (Phi) is 6.52. The predicted octanol–water partition coefficient (Wildman–Crippen LogP) is 3.35. The molecule has 1 aliphatic rings. The number of benzene rings is 1. The molecular weight excluding hydrogens is 284 g/mol. The number of alkyl halides is 1. The molecule has 1 saturated heterocycles. The Balaban J connectivity index is 1.67. The van der Waals surface area contributed by atoms with E-state index in [0.29, 0.717) is 12.6 Å². The number of nitrogens with zero attached hydrogens (tertiary/aromatic N) is 1. The van der Waals surface area contributed by atoms with Gasteiger partial charge in [0.2, 0.25) is 5.91 Å². The van der Waals surface area contributed by atoms with Crippen LogP contribution in [0, 0.1) is 0 Å². The molecular formula is C17H25ClN2O. The molecule has 4 heteroatoms. The van der Waals surface area contributed by atoms with Crippen molar-refractivity contribution < 1.29 is 4.79 Å². The normalized spacial score (nSPS) is 21.0. The van der Waals surface area contributed by atoms with Gasteiger partial charge in [-0.3, -0.25) is 4.79 Å². The minimum Gasteiger partial charge on any atom is -0.354 e. The number of carbonyl (C=O) groups is 1. The van der Waals surface area contributed by atoms with Gasteiger partial charge in [0, 0.05) is 19.1 Å². The van der Waals surface area contributed by atoms with Crippen molar-refractivity contribution in [1.82, 2.24) is 10.2 Å². The van der Waals surface area contributed by atoms with E-state index in [0.717, 1.165) is 18.5 Å². The average Bonchev–Trinajstić information content (AvgIpc) is 2.53. The molecule has 1 N–H and O–H groups in total. The van der Waals surface area contributed by atoms with Crippen LogP contribution in [-0.4, -0.2) is 36.5 Å². The van der Waals surface area contributed by atoms with Crippen molar-refractivity contribution in [3.8, 4) is 0 Å². The van der Waals surface area contributed by atoms with Crippen molar-refractivity contribution in [3.63, 3.8) is 0 Å². The number of hydrogen-bond acceptors (Lipinski definition) is 2. The van der Waals surface area contributed by atoms with Crippen molar-refractivity contribution in [2.24, 2.45) is 0 Å². The van der Waals surface area contributed by atoms with Crippen LogP contribution in [0.3, 0.4) is 0 Å². The van der Waals surface area contributed by atoms with E-state index in [9.17, 15) is 4.79 Å². The molecule has 2 rings (SSSR count). The Morgan fingerprint density at radius 1 is 1.38 bits per heavy atom. The van der Waals surface area contributed by atoms with Crippen molar-refractivity contribution in [1.29, 1.82) is 0 Å². The third-order valence-electron chi connectivity index (χ3n) is 4.18. The first kappa shape index (κ1) is 16.3. The number of amides is 1. The fraction of sp³-hybridized carbons (Fsp3) is 0.588. The highest BCUT2D eigenvalue weighted by Crippen LogP contribution is 2.20. The van der Waals surface area contributed by atoms with E-state index >= 15 is 0 Å². The number of likely N-dealkylation sites (tertiary alicyclic amines) is 1.